The van der Waals surface area contributed by atoms with Crippen LogP contribution in [0.2, 0.25) is 0 Å². The zero-order chi connectivity index (χ0) is 32.4. The molecule has 1 heterocycles. The fourth-order valence-electron chi connectivity index (χ4n) is 4.73. The van der Waals surface area contributed by atoms with Crippen LogP contribution in [0.25, 0.3) is 10.9 Å². The average Bonchev–Trinajstić information content (AvgIpc) is 3.40. The highest BCUT2D eigenvalue weighted by atomic mass is 16.4. The fraction of sp³-hybridized carbons (Fsp3) is 0.387. The number of fused-ring (bicyclic) bond motifs is 1. The lowest BCUT2D eigenvalue weighted by molar-refractivity contribution is -0.143. The third-order valence-corrected chi connectivity index (χ3v) is 7.52. The van der Waals surface area contributed by atoms with Gasteiger partial charge in [0.25, 0.3) is 0 Å². The quantitative estimate of drug-likeness (QED) is 0.117. The molecule has 9 N–H and O–H groups in total. The van der Waals surface area contributed by atoms with Gasteiger partial charge in [0, 0.05) is 29.9 Å². The molecule has 0 aliphatic heterocycles. The summed E-state index contributed by atoms with van der Waals surface area (Å²) in [5, 5.41) is 36.9. The standard InChI is InChI=1S/C31H39N5O8/c1-3-17(2)27(31(43)44)36-30(42)25(15-19-16-33-23-7-5-4-6-21(19)23)35-29(41)24(12-13-26(38)39)34-28(40)22(32)14-18-8-10-20(37)11-9-18/h4-11,16-17,22,24-25,27,33,37H,3,12-15,32H2,1-2H3,(H,34,40)(H,35,41)(H,36,42)(H,38,39)(H,43,44). The number of carbonyl (C=O) groups is 5. The molecular formula is C31H39N5O8. The second kappa shape index (κ2) is 15.5. The first-order valence-corrected chi connectivity index (χ1v) is 14.3. The molecule has 236 valence electrons. The molecule has 3 rings (SSSR count). The molecule has 13 heteroatoms. The van der Waals surface area contributed by atoms with Crippen LogP contribution in [-0.4, -0.2) is 74.1 Å². The monoisotopic (exact) mass is 609 g/mol. The molecule has 5 atom stereocenters. The first-order chi connectivity index (χ1) is 20.9. The number of aliphatic carboxylic acids is 2. The van der Waals surface area contributed by atoms with Crippen LogP contribution in [0, 0.1) is 5.92 Å². The van der Waals surface area contributed by atoms with E-state index in [1.54, 1.807) is 32.2 Å². The largest absolute Gasteiger partial charge is 0.508 e. The number of H-pyrrole nitrogens is 1. The summed E-state index contributed by atoms with van der Waals surface area (Å²) in [7, 11) is 0. The number of carboxylic acids is 2. The third kappa shape index (κ3) is 9.30. The van der Waals surface area contributed by atoms with Crippen molar-refractivity contribution in [1.29, 1.82) is 0 Å². The molecule has 44 heavy (non-hydrogen) atoms. The highest BCUT2D eigenvalue weighted by Gasteiger charge is 2.32. The predicted octanol–water partition coefficient (Wildman–Crippen LogP) is 1.44. The molecule has 0 aliphatic carbocycles. The number of carbonyl (C=O) groups excluding carboxylic acids is 3. The fourth-order valence-corrected chi connectivity index (χ4v) is 4.73. The van der Waals surface area contributed by atoms with Crippen LogP contribution in [-0.2, 0) is 36.8 Å². The highest BCUT2D eigenvalue weighted by molar-refractivity contribution is 5.95. The van der Waals surface area contributed by atoms with Gasteiger partial charge in [-0.05, 0) is 48.1 Å². The summed E-state index contributed by atoms with van der Waals surface area (Å²) in [5.74, 6) is -5.07. The number of benzene rings is 2. The summed E-state index contributed by atoms with van der Waals surface area (Å²) in [6.45, 7) is 3.48. The van der Waals surface area contributed by atoms with Gasteiger partial charge in [0.2, 0.25) is 17.7 Å². The molecule has 0 spiro atoms. The predicted molar refractivity (Wildman–Crippen MR) is 162 cm³/mol. The van der Waals surface area contributed by atoms with E-state index in [2.05, 4.69) is 20.9 Å². The summed E-state index contributed by atoms with van der Waals surface area (Å²) in [6, 6.07) is 8.47. The van der Waals surface area contributed by atoms with E-state index in [1.807, 2.05) is 24.3 Å². The van der Waals surface area contributed by atoms with E-state index in [4.69, 9.17) is 5.73 Å². The summed E-state index contributed by atoms with van der Waals surface area (Å²) in [5.41, 5.74) is 8.19. The molecule has 3 aromatic rings. The third-order valence-electron chi connectivity index (χ3n) is 7.52. The average molecular weight is 610 g/mol. The summed E-state index contributed by atoms with van der Waals surface area (Å²) < 4.78 is 0. The first-order valence-electron chi connectivity index (χ1n) is 14.3. The lowest BCUT2D eigenvalue weighted by Gasteiger charge is -2.26. The number of hydrogen-bond acceptors (Lipinski definition) is 7. The number of aromatic hydroxyl groups is 1. The maximum Gasteiger partial charge on any atom is 0.326 e. The number of amides is 3. The molecule has 0 saturated heterocycles. The Balaban J connectivity index is 1.84. The number of aromatic amines is 1. The molecule has 2 aromatic carbocycles. The van der Waals surface area contributed by atoms with E-state index < -0.39 is 66.2 Å². The minimum absolute atomic E-state index is 0.0194. The van der Waals surface area contributed by atoms with Crippen LogP contribution in [0.1, 0.15) is 44.2 Å². The van der Waals surface area contributed by atoms with Gasteiger partial charge in [-0.15, -0.1) is 0 Å². The Morgan fingerprint density at radius 3 is 2.14 bits per heavy atom. The van der Waals surface area contributed by atoms with Gasteiger partial charge in [-0.25, -0.2) is 4.79 Å². The lowest BCUT2D eigenvalue weighted by Crippen LogP contribution is -2.58. The van der Waals surface area contributed by atoms with E-state index in [0.717, 1.165) is 10.9 Å². The molecular weight excluding hydrogens is 570 g/mol. The van der Waals surface area contributed by atoms with E-state index in [0.29, 0.717) is 17.5 Å². The number of phenols is 1. The first kappa shape index (κ1) is 33.6. The van der Waals surface area contributed by atoms with Gasteiger partial charge in [-0.1, -0.05) is 50.6 Å². The van der Waals surface area contributed by atoms with E-state index in [1.165, 1.54) is 12.1 Å². The molecule has 1 aromatic heterocycles. The van der Waals surface area contributed by atoms with Crippen LogP contribution in [0.15, 0.2) is 54.7 Å². The van der Waals surface area contributed by atoms with Crippen LogP contribution in [0.5, 0.6) is 5.75 Å². The second-order valence-electron chi connectivity index (χ2n) is 10.8. The molecule has 0 saturated carbocycles. The van der Waals surface area contributed by atoms with Crippen LogP contribution in [0.3, 0.4) is 0 Å². The van der Waals surface area contributed by atoms with Crippen LogP contribution < -0.4 is 21.7 Å². The zero-order valence-electron chi connectivity index (χ0n) is 24.6. The number of hydrogen-bond donors (Lipinski definition) is 8. The number of nitrogens with two attached hydrogens (primary N) is 1. The van der Waals surface area contributed by atoms with Gasteiger partial charge in [0.15, 0.2) is 0 Å². The summed E-state index contributed by atoms with van der Waals surface area (Å²) >= 11 is 0. The SMILES string of the molecule is CCC(C)C(NC(=O)C(Cc1c[nH]c2ccccc12)NC(=O)C(CCC(=O)O)NC(=O)C(N)Cc1ccc(O)cc1)C(=O)O. The Labute approximate surface area is 254 Å². The topological polar surface area (TPSA) is 224 Å². The van der Waals surface area contributed by atoms with Gasteiger partial charge in [0.1, 0.15) is 23.9 Å². The molecule has 0 fully saturated rings. The van der Waals surface area contributed by atoms with Gasteiger partial charge in [-0.2, -0.15) is 0 Å². The highest BCUT2D eigenvalue weighted by Crippen LogP contribution is 2.20. The Bertz CT molecular complexity index is 1470. The smallest absolute Gasteiger partial charge is 0.326 e. The number of para-hydroxylation sites is 1. The zero-order valence-corrected chi connectivity index (χ0v) is 24.6. The Kier molecular flexibility index (Phi) is 11.9. The molecule has 0 aliphatic rings. The number of phenolic OH excluding ortho intramolecular Hbond substituents is 1. The molecule has 3 amide bonds. The van der Waals surface area contributed by atoms with Gasteiger partial charge in [-0.3, -0.25) is 19.2 Å². The van der Waals surface area contributed by atoms with Gasteiger partial charge in [0.05, 0.1) is 6.04 Å². The normalized spacial score (nSPS) is 14.5. The van der Waals surface area contributed by atoms with Crippen molar-refractivity contribution in [3.8, 4) is 5.75 Å². The Morgan fingerprint density at radius 1 is 0.864 bits per heavy atom. The van der Waals surface area contributed by atoms with Gasteiger partial charge >= 0.3 is 11.9 Å². The molecule has 0 radical (unpaired) electrons. The van der Waals surface area contributed by atoms with E-state index in [-0.39, 0.29) is 25.0 Å². The number of rotatable bonds is 16. The van der Waals surface area contributed by atoms with E-state index in [9.17, 15) is 39.3 Å². The minimum Gasteiger partial charge on any atom is -0.508 e. The second-order valence-corrected chi connectivity index (χ2v) is 10.8. The molecule has 13 nitrogen and oxygen atoms in total. The van der Waals surface area contributed by atoms with Crippen molar-refractivity contribution in [3.05, 3.63) is 65.9 Å². The van der Waals surface area contributed by atoms with Crippen molar-refractivity contribution in [2.75, 3.05) is 0 Å². The Morgan fingerprint density at radius 2 is 1.50 bits per heavy atom. The number of aromatic nitrogens is 1. The van der Waals surface area contributed by atoms with Crippen molar-refractivity contribution in [2.24, 2.45) is 11.7 Å². The Hall–Kier alpha value is -4.91. The minimum atomic E-state index is -1.35. The number of carboxylic acid groups (broad SMARTS) is 2. The van der Waals surface area contributed by atoms with Crippen molar-refractivity contribution < 1.29 is 39.3 Å². The van der Waals surface area contributed by atoms with E-state index >= 15 is 0 Å². The molecule has 0 bridgehead atoms. The maximum absolute atomic E-state index is 13.5. The van der Waals surface area contributed by atoms with Crippen molar-refractivity contribution >= 4 is 40.6 Å². The van der Waals surface area contributed by atoms with Crippen molar-refractivity contribution in [1.82, 2.24) is 20.9 Å². The summed E-state index contributed by atoms with van der Waals surface area (Å²) in [6.07, 6.45) is 1.48. The maximum atomic E-state index is 13.5. The van der Waals surface area contributed by atoms with Crippen LogP contribution in [0.4, 0.5) is 0 Å². The number of nitrogens with one attached hydrogen (secondary N) is 4. The van der Waals surface area contributed by atoms with Gasteiger partial charge < -0.3 is 42.0 Å². The lowest BCUT2D eigenvalue weighted by atomic mass is 9.97. The molecule has 5 unspecified atom stereocenters. The van der Waals surface area contributed by atoms with Crippen LogP contribution >= 0.6 is 0 Å². The van der Waals surface area contributed by atoms with Crippen molar-refractivity contribution in [2.45, 2.75) is 70.1 Å². The summed E-state index contributed by atoms with van der Waals surface area (Å²) in [4.78, 5) is 66.4. The van der Waals surface area contributed by atoms with Crippen molar-refractivity contribution in [3.63, 3.8) is 0 Å².